The molecule has 1 aromatic rings. The van der Waals surface area contributed by atoms with Crippen molar-refractivity contribution in [3.05, 3.63) is 30.1 Å². The normalized spacial score (nSPS) is 13.9. The Morgan fingerprint density at radius 1 is 1.39 bits per heavy atom. The summed E-state index contributed by atoms with van der Waals surface area (Å²) in [5, 5.41) is 3.55. The molecule has 0 aliphatic carbocycles. The van der Waals surface area contributed by atoms with Crippen molar-refractivity contribution in [2.75, 3.05) is 19.6 Å². The Bertz CT molecular complexity index is 333. The molecule has 3 N–H and O–H groups in total. The number of aromatic nitrogens is 1. The molecule has 0 amide bonds. The number of hydrogen-bond acceptors (Lipinski definition) is 3. The standard InChI is InChI=1S/C15H27N3/c1-12(2)13(8-16)9-18-11-15(3,4)14-6-5-7-17-10-14/h5-7,10,12-13,18H,8-9,11,16H2,1-4H3. The summed E-state index contributed by atoms with van der Waals surface area (Å²) in [5.41, 5.74) is 7.16. The molecule has 0 radical (unpaired) electrons. The van der Waals surface area contributed by atoms with Gasteiger partial charge in [0.1, 0.15) is 0 Å². The molecule has 1 unspecified atom stereocenters. The Hall–Kier alpha value is -0.930. The molecule has 1 heterocycles. The highest BCUT2D eigenvalue weighted by Gasteiger charge is 2.21. The highest BCUT2D eigenvalue weighted by Crippen LogP contribution is 2.21. The van der Waals surface area contributed by atoms with Crippen LogP contribution in [0.25, 0.3) is 0 Å². The van der Waals surface area contributed by atoms with Crippen molar-refractivity contribution in [3.63, 3.8) is 0 Å². The van der Waals surface area contributed by atoms with Gasteiger partial charge in [0.15, 0.2) is 0 Å². The number of pyridine rings is 1. The van der Waals surface area contributed by atoms with Gasteiger partial charge in [-0.15, -0.1) is 0 Å². The third-order valence-electron chi connectivity index (χ3n) is 3.66. The minimum Gasteiger partial charge on any atom is -0.330 e. The van der Waals surface area contributed by atoms with Crippen molar-refractivity contribution in [2.24, 2.45) is 17.6 Å². The van der Waals surface area contributed by atoms with Crippen LogP contribution in [0.1, 0.15) is 33.3 Å². The lowest BCUT2D eigenvalue weighted by molar-refractivity contribution is 0.351. The van der Waals surface area contributed by atoms with Crippen LogP contribution in [0.15, 0.2) is 24.5 Å². The number of nitrogens with zero attached hydrogens (tertiary/aromatic N) is 1. The van der Waals surface area contributed by atoms with E-state index in [9.17, 15) is 0 Å². The van der Waals surface area contributed by atoms with Gasteiger partial charge in [-0.05, 0) is 36.6 Å². The molecule has 1 aromatic heterocycles. The minimum absolute atomic E-state index is 0.102. The minimum atomic E-state index is 0.102. The van der Waals surface area contributed by atoms with Crippen LogP contribution < -0.4 is 11.1 Å². The summed E-state index contributed by atoms with van der Waals surface area (Å²) in [7, 11) is 0. The molecule has 3 heteroatoms. The SMILES string of the molecule is CC(C)C(CN)CNCC(C)(C)c1cccnc1. The average molecular weight is 249 g/mol. The van der Waals surface area contributed by atoms with Gasteiger partial charge in [0.05, 0.1) is 0 Å². The topological polar surface area (TPSA) is 50.9 Å². The van der Waals surface area contributed by atoms with Crippen LogP contribution in [0.3, 0.4) is 0 Å². The summed E-state index contributed by atoms with van der Waals surface area (Å²) in [6.45, 7) is 11.6. The summed E-state index contributed by atoms with van der Waals surface area (Å²) in [6.07, 6.45) is 3.76. The molecule has 102 valence electrons. The number of hydrogen-bond donors (Lipinski definition) is 2. The van der Waals surface area contributed by atoms with Gasteiger partial charge < -0.3 is 11.1 Å². The van der Waals surface area contributed by atoms with Gasteiger partial charge in [0.25, 0.3) is 0 Å². The van der Waals surface area contributed by atoms with Gasteiger partial charge >= 0.3 is 0 Å². The maximum absolute atomic E-state index is 5.78. The van der Waals surface area contributed by atoms with E-state index in [0.29, 0.717) is 11.8 Å². The first kappa shape index (κ1) is 15.1. The quantitative estimate of drug-likeness (QED) is 0.779. The van der Waals surface area contributed by atoms with Crippen molar-refractivity contribution in [1.82, 2.24) is 10.3 Å². The van der Waals surface area contributed by atoms with Crippen LogP contribution in [0.4, 0.5) is 0 Å². The fourth-order valence-corrected chi connectivity index (χ4v) is 2.03. The fraction of sp³-hybridized carbons (Fsp3) is 0.667. The molecule has 0 bridgehead atoms. The monoisotopic (exact) mass is 249 g/mol. The first-order valence-corrected chi connectivity index (χ1v) is 6.78. The lowest BCUT2D eigenvalue weighted by Gasteiger charge is -2.27. The van der Waals surface area contributed by atoms with Crippen molar-refractivity contribution in [3.8, 4) is 0 Å². The highest BCUT2D eigenvalue weighted by molar-refractivity contribution is 5.19. The molecular formula is C15H27N3. The van der Waals surface area contributed by atoms with E-state index in [1.165, 1.54) is 5.56 Å². The predicted octanol–water partition coefficient (Wildman–Crippen LogP) is 2.18. The van der Waals surface area contributed by atoms with E-state index in [-0.39, 0.29) is 5.41 Å². The Morgan fingerprint density at radius 3 is 2.61 bits per heavy atom. The maximum atomic E-state index is 5.78. The Balaban J connectivity index is 2.47. The molecule has 0 saturated heterocycles. The smallest absolute Gasteiger partial charge is 0.0305 e. The summed E-state index contributed by atoms with van der Waals surface area (Å²) in [4.78, 5) is 4.19. The zero-order chi connectivity index (χ0) is 13.6. The Kier molecular flexibility index (Phi) is 5.76. The zero-order valence-electron chi connectivity index (χ0n) is 12.1. The molecule has 0 spiro atoms. The van der Waals surface area contributed by atoms with Gasteiger partial charge in [-0.1, -0.05) is 33.8 Å². The molecule has 0 aromatic carbocycles. The lowest BCUT2D eigenvalue weighted by Crippen LogP contribution is -2.38. The van der Waals surface area contributed by atoms with E-state index >= 15 is 0 Å². The van der Waals surface area contributed by atoms with E-state index < -0.39 is 0 Å². The van der Waals surface area contributed by atoms with E-state index in [1.54, 1.807) is 0 Å². The largest absolute Gasteiger partial charge is 0.330 e. The summed E-state index contributed by atoms with van der Waals surface area (Å²) >= 11 is 0. The second-order valence-corrected chi connectivity index (χ2v) is 6.00. The zero-order valence-corrected chi connectivity index (χ0v) is 12.1. The fourth-order valence-electron chi connectivity index (χ4n) is 2.03. The molecular weight excluding hydrogens is 222 g/mol. The second-order valence-electron chi connectivity index (χ2n) is 6.00. The van der Waals surface area contributed by atoms with Crippen molar-refractivity contribution >= 4 is 0 Å². The summed E-state index contributed by atoms with van der Waals surface area (Å²) in [5.74, 6) is 1.18. The molecule has 1 atom stereocenters. The molecule has 0 fully saturated rings. The summed E-state index contributed by atoms with van der Waals surface area (Å²) in [6, 6.07) is 4.13. The van der Waals surface area contributed by atoms with Gasteiger partial charge in [-0.3, -0.25) is 4.98 Å². The number of nitrogens with one attached hydrogen (secondary N) is 1. The third kappa shape index (κ3) is 4.39. The van der Waals surface area contributed by atoms with Crippen LogP contribution in [0.5, 0.6) is 0 Å². The van der Waals surface area contributed by atoms with E-state index in [2.05, 4.69) is 44.1 Å². The van der Waals surface area contributed by atoms with E-state index in [4.69, 9.17) is 5.73 Å². The maximum Gasteiger partial charge on any atom is 0.0305 e. The first-order valence-electron chi connectivity index (χ1n) is 6.78. The van der Waals surface area contributed by atoms with Crippen molar-refractivity contribution < 1.29 is 0 Å². The van der Waals surface area contributed by atoms with Gasteiger partial charge in [-0.2, -0.15) is 0 Å². The van der Waals surface area contributed by atoms with Gasteiger partial charge in [-0.25, -0.2) is 0 Å². The molecule has 0 aliphatic rings. The summed E-state index contributed by atoms with van der Waals surface area (Å²) < 4.78 is 0. The Labute approximate surface area is 111 Å². The molecule has 18 heavy (non-hydrogen) atoms. The molecule has 0 aliphatic heterocycles. The van der Waals surface area contributed by atoms with Crippen LogP contribution in [-0.4, -0.2) is 24.6 Å². The predicted molar refractivity (Wildman–Crippen MR) is 77.5 cm³/mol. The average Bonchev–Trinajstić information content (AvgIpc) is 2.35. The lowest BCUT2D eigenvalue weighted by atomic mass is 9.85. The molecule has 0 saturated carbocycles. The van der Waals surface area contributed by atoms with Gasteiger partial charge in [0.2, 0.25) is 0 Å². The van der Waals surface area contributed by atoms with Crippen molar-refractivity contribution in [1.29, 1.82) is 0 Å². The van der Waals surface area contributed by atoms with Crippen LogP contribution in [0.2, 0.25) is 0 Å². The third-order valence-corrected chi connectivity index (χ3v) is 3.66. The van der Waals surface area contributed by atoms with E-state index in [0.717, 1.165) is 19.6 Å². The van der Waals surface area contributed by atoms with Gasteiger partial charge in [0, 0.05) is 24.4 Å². The molecule has 3 nitrogen and oxygen atoms in total. The molecule has 1 rings (SSSR count). The van der Waals surface area contributed by atoms with Crippen LogP contribution in [-0.2, 0) is 5.41 Å². The second kappa shape index (κ2) is 6.86. The Morgan fingerprint density at radius 2 is 2.11 bits per heavy atom. The van der Waals surface area contributed by atoms with Crippen LogP contribution >= 0.6 is 0 Å². The first-order chi connectivity index (χ1) is 8.47. The number of nitrogens with two attached hydrogens (primary N) is 1. The van der Waals surface area contributed by atoms with E-state index in [1.807, 2.05) is 18.5 Å². The van der Waals surface area contributed by atoms with Crippen LogP contribution in [0, 0.1) is 11.8 Å². The number of rotatable bonds is 7. The van der Waals surface area contributed by atoms with Crippen molar-refractivity contribution in [2.45, 2.75) is 33.1 Å². The highest BCUT2D eigenvalue weighted by atomic mass is 14.9.